The molecule has 0 aromatic carbocycles. The molecule has 2 heterocycles. The second-order valence-corrected chi connectivity index (χ2v) is 9.09. The van der Waals surface area contributed by atoms with Crippen molar-refractivity contribution in [2.75, 3.05) is 0 Å². The average Bonchev–Trinajstić information content (AvgIpc) is 3.44. The minimum atomic E-state index is -1.19. The molecule has 3 rings (SSSR count). The van der Waals surface area contributed by atoms with Gasteiger partial charge in [-0.25, -0.2) is 0 Å². The molecule has 0 radical (unpaired) electrons. The van der Waals surface area contributed by atoms with Crippen molar-refractivity contribution in [3.63, 3.8) is 0 Å². The number of epoxide rings is 1. The third-order valence-electron chi connectivity index (χ3n) is 5.95. The topological polar surface area (TPSA) is 88.2 Å². The number of ketones is 1. The Hall–Kier alpha value is -1.47. The summed E-state index contributed by atoms with van der Waals surface area (Å²) in [4.78, 5) is 24.2. The van der Waals surface area contributed by atoms with Crippen LogP contribution in [0, 0.1) is 5.92 Å². The lowest BCUT2D eigenvalue weighted by Crippen LogP contribution is -2.41. The first-order chi connectivity index (χ1) is 14.3. The summed E-state index contributed by atoms with van der Waals surface area (Å²) in [6.07, 6.45) is 11.1. The molecule has 166 valence electrons. The molecule has 0 bridgehead atoms. The van der Waals surface area contributed by atoms with Crippen LogP contribution in [0.4, 0.5) is 0 Å². The first kappa shape index (κ1) is 23.2. The summed E-state index contributed by atoms with van der Waals surface area (Å²) in [7, 11) is 0. The highest BCUT2D eigenvalue weighted by atomic mass is 35.5. The van der Waals surface area contributed by atoms with Gasteiger partial charge in [0.25, 0.3) is 0 Å². The van der Waals surface area contributed by atoms with Gasteiger partial charge in [0, 0.05) is 12.5 Å². The number of amides is 1. The highest BCUT2D eigenvalue weighted by Gasteiger charge is 2.65. The van der Waals surface area contributed by atoms with E-state index >= 15 is 0 Å². The summed E-state index contributed by atoms with van der Waals surface area (Å²) in [5, 5.41) is 13.1. The van der Waals surface area contributed by atoms with Crippen molar-refractivity contribution in [2.45, 2.75) is 89.4 Å². The Morgan fingerprint density at radius 2 is 2.17 bits per heavy atom. The second-order valence-electron chi connectivity index (χ2n) is 8.69. The molecule has 1 aliphatic carbocycles. The van der Waals surface area contributed by atoms with Gasteiger partial charge in [-0.15, -0.1) is 0 Å². The van der Waals surface area contributed by atoms with Gasteiger partial charge in [0.05, 0.1) is 11.1 Å². The molecule has 7 heteroatoms. The zero-order chi connectivity index (χ0) is 21.9. The zero-order valence-corrected chi connectivity index (χ0v) is 18.7. The van der Waals surface area contributed by atoms with Gasteiger partial charge in [-0.2, -0.15) is 0 Å². The lowest BCUT2D eigenvalue weighted by Gasteiger charge is -2.25. The predicted octanol–water partition coefficient (Wildman–Crippen LogP) is 3.53. The molecule has 2 aliphatic heterocycles. The average molecular weight is 438 g/mol. The molecular weight excluding hydrogens is 406 g/mol. The molecule has 2 saturated heterocycles. The van der Waals surface area contributed by atoms with E-state index in [0.717, 1.165) is 12.0 Å². The molecule has 6 atom stereocenters. The molecule has 1 amide bonds. The Kier molecular flexibility index (Phi) is 7.56. The van der Waals surface area contributed by atoms with E-state index in [1.165, 1.54) is 37.8 Å². The fourth-order valence-electron chi connectivity index (χ4n) is 4.30. The van der Waals surface area contributed by atoms with E-state index in [-0.39, 0.29) is 16.7 Å². The van der Waals surface area contributed by atoms with E-state index in [4.69, 9.17) is 21.1 Å². The van der Waals surface area contributed by atoms with Crippen molar-refractivity contribution in [2.24, 2.45) is 5.92 Å². The van der Waals surface area contributed by atoms with Crippen molar-refractivity contribution >= 4 is 23.3 Å². The SMILES string of the molecule is CCCCCCC(C)/C=C(C)/C=C/C(=O)N[C@H]1C[C@@]2(C=C(Cl)C(=O)[C@H]3O[C@@H]32)O[C@H]1O. The summed E-state index contributed by atoms with van der Waals surface area (Å²) in [5.74, 6) is -0.0996. The minimum Gasteiger partial charge on any atom is -0.366 e. The molecule has 0 saturated carbocycles. The number of unbranched alkanes of at least 4 members (excludes halogenated alkanes) is 3. The molecule has 3 aliphatic rings. The normalized spacial score (nSPS) is 34.2. The number of aliphatic hydroxyl groups is 1. The number of rotatable bonds is 9. The summed E-state index contributed by atoms with van der Waals surface area (Å²) >= 11 is 6.00. The monoisotopic (exact) mass is 437 g/mol. The number of fused-ring (bicyclic) bond motifs is 2. The Morgan fingerprint density at radius 1 is 1.40 bits per heavy atom. The van der Waals surface area contributed by atoms with Crippen LogP contribution < -0.4 is 5.32 Å². The van der Waals surface area contributed by atoms with Crippen LogP contribution in [-0.4, -0.2) is 46.9 Å². The number of hydrogen-bond acceptors (Lipinski definition) is 5. The Labute approximate surface area is 183 Å². The van der Waals surface area contributed by atoms with E-state index in [9.17, 15) is 14.7 Å². The number of allylic oxidation sites excluding steroid dienone is 3. The van der Waals surface area contributed by atoms with Gasteiger partial charge < -0.3 is 19.9 Å². The number of carbonyl (C=O) groups excluding carboxylic acids is 2. The maximum absolute atomic E-state index is 12.3. The molecule has 30 heavy (non-hydrogen) atoms. The number of hydrogen-bond donors (Lipinski definition) is 2. The van der Waals surface area contributed by atoms with E-state index < -0.39 is 30.1 Å². The van der Waals surface area contributed by atoms with Crippen LogP contribution in [0.25, 0.3) is 0 Å². The van der Waals surface area contributed by atoms with Crippen LogP contribution in [0.3, 0.4) is 0 Å². The lowest BCUT2D eigenvalue weighted by atomic mass is 9.86. The largest absolute Gasteiger partial charge is 0.366 e. The second kappa shape index (κ2) is 9.77. The zero-order valence-electron chi connectivity index (χ0n) is 17.9. The van der Waals surface area contributed by atoms with Crippen molar-refractivity contribution < 1.29 is 24.2 Å². The third-order valence-corrected chi connectivity index (χ3v) is 6.24. The summed E-state index contributed by atoms with van der Waals surface area (Å²) < 4.78 is 11.1. The van der Waals surface area contributed by atoms with Gasteiger partial charge >= 0.3 is 0 Å². The molecule has 6 nitrogen and oxygen atoms in total. The Bertz CT molecular complexity index is 761. The van der Waals surface area contributed by atoms with Gasteiger partial charge in [-0.05, 0) is 25.3 Å². The van der Waals surface area contributed by atoms with Crippen molar-refractivity contribution in [3.05, 3.63) is 34.9 Å². The van der Waals surface area contributed by atoms with Crippen molar-refractivity contribution in [3.8, 4) is 0 Å². The maximum Gasteiger partial charge on any atom is 0.244 e. The van der Waals surface area contributed by atoms with Gasteiger partial charge in [0.15, 0.2) is 12.4 Å². The lowest BCUT2D eigenvalue weighted by molar-refractivity contribution is -0.137. The number of carbonyl (C=O) groups is 2. The smallest absolute Gasteiger partial charge is 0.244 e. The highest BCUT2D eigenvalue weighted by Crippen LogP contribution is 2.49. The summed E-state index contributed by atoms with van der Waals surface area (Å²) in [5.41, 5.74) is 0.0577. The van der Waals surface area contributed by atoms with Gasteiger partial charge in [-0.1, -0.05) is 68.9 Å². The number of Topliss-reactive ketones (excluding diaryl/α,β-unsaturated/α-hetero) is 1. The predicted molar refractivity (Wildman–Crippen MR) is 115 cm³/mol. The fraction of sp³-hybridized carbons (Fsp3) is 0.652. The molecular formula is C23H32ClNO5. The van der Waals surface area contributed by atoms with Crippen LogP contribution in [0.1, 0.15) is 59.3 Å². The first-order valence-electron chi connectivity index (χ1n) is 10.9. The van der Waals surface area contributed by atoms with Crippen molar-refractivity contribution in [1.82, 2.24) is 5.32 Å². The van der Waals surface area contributed by atoms with Crippen LogP contribution in [0.2, 0.25) is 0 Å². The Morgan fingerprint density at radius 3 is 2.90 bits per heavy atom. The number of aliphatic hydroxyl groups excluding tert-OH is 1. The van der Waals surface area contributed by atoms with Crippen LogP contribution in [0.5, 0.6) is 0 Å². The van der Waals surface area contributed by atoms with Crippen LogP contribution in [0.15, 0.2) is 34.9 Å². The van der Waals surface area contributed by atoms with E-state index in [1.807, 2.05) is 6.92 Å². The van der Waals surface area contributed by atoms with E-state index in [0.29, 0.717) is 12.3 Å². The fourth-order valence-corrected chi connectivity index (χ4v) is 4.60. The highest BCUT2D eigenvalue weighted by molar-refractivity contribution is 6.43. The van der Waals surface area contributed by atoms with Gasteiger partial charge in [0.2, 0.25) is 11.7 Å². The molecule has 1 spiro atoms. The molecule has 1 unspecified atom stereocenters. The number of nitrogens with one attached hydrogen (secondary N) is 1. The standard InChI is InChI=1S/C23H32ClNO5/c1-4-5-6-7-8-14(2)11-15(3)9-10-18(26)25-17-13-23(30-22(17)28)12-16(24)19(27)20-21(23)29-20/h9-12,14,17,20-22,28H,4-8,13H2,1-3H3,(H,25,26)/b10-9+,15-11+/t14?,17-,20+,21-,22+,23+/m0/s1. The van der Waals surface area contributed by atoms with Gasteiger partial charge in [-0.3, -0.25) is 9.59 Å². The van der Waals surface area contributed by atoms with Gasteiger partial charge in [0.1, 0.15) is 11.7 Å². The third kappa shape index (κ3) is 5.41. The minimum absolute atomic E-state index is 0.0531. The molecule has 2 N–H and O–H groups in total. The van der Waals surface area contributed by atoms with E-state index in [1.54, 1.807) is 6.08 Å². The molecule has 0 aromatic heterocycles. The number of halogens is 1. The van der Waals surface area contributed by atoms with Crippen LogP contribution in [-0.2, 0) is 19.1 Å². The molecule has 0 aromatic rings. The van der Waals surface area contributed by atoms with E-state index in [2.05, 4.69) is 25.2 Å². The number of ether oxygens (including phenoxy) is 2. The summed E-state index contributed by atoms with van der Waals surface area (Å²) in [6.45, 7) is 6.37. The van der Waals surface area contributed by atoms with Crippen molar-refractivity contribution in [1.29, 1.82) is 0 Å². The van der Waals surface area contributed by atoms with Crippen LogP contribution >= 0.6 is 11.6 Å². The first-order valence-corrected chi connectivity index (χ1v) is 11.2. The Balaban J connectivity index is 1.50. The summed E-state index contributed by atoms with van der Waals surface area (Å²) in [6, 6.07) is -0.609. The maximum atomic E-state index is 12.3. The molecule has 2 fully saturated rings. The quantitative estimate of drug-likeness (QED) is 0.249.